The maximum atomic E-state index is 11.2. The van der Waals surface area contributed by atoms with Gasteiger partial charge in [-0.25, -0.2) is 0 Å². The molecule has 1 aromatic rings. The summed E-state index contributed by atoms with van der Waals surface area (Å²) in [4.78, 5) is 13.5. The first kappa shape index (κ1) is 14.5. The smallest absolute Gasteiger partial charge is 0.239 e. The first-order valence-electron chi connectivity index (χ1n) is 6.50. The van der Waals surface area contributed by atoms with Crippen LogP contribution in [0.2, 0.25) is 5.02 Å². The van der Waals surface area contributed by atoms with Crippen LogP contribution < -0.4 is 10.2 Å². The molecule has 1 N–H and O–H groups in total. The second kappa shape index (κ2) is 6.49. The Bertz CT molecular complexity index is 457. The third-order valence-corrected chi connectivity index (χ3v) is 4.02. The van der Waals surface area contributed by atoms with Crippen molar-refractivity contribution < 1.29 is 4.79 Å². The molecular formula is C14H18Cl2N2O. The lowest BCUT2D eigenvalue weighted by Gasteiger charge is -2.32. The molecule has 104 valence electrons. The van der Waals surface area contributed by atoms with E-state index in [2.05, 4.69) is 17.1 Å². The maximum absolute atomic E-state index is 11.2. The molecule has 1 fully saturated rings. The Morgan fingerprint density at radius 3 is 2.68 bits per heavy atom. The fourth-order valence-electron chi connectivity index (χ4n) is 2.28. The summed E-state index contributed by atoms with van der Waals surface area (Å²) in [6.07, 6.45) is 2.39. The van der Waals surface area contributed by atoms with Crippen molar-refractivity contribution in [1.29, 1.82) is 0 Å². The number of alkyl halides is 1. The number of amides is 1. The number of carbonyl (C=O) groups is 1. The highest BCUT2D eigenvalue weighted by molar-refractivity contribution is 6.33. The van der Waals surface area contributed by atoms with Crippen molar-refractivity contribution in [2.45, 2.75) is 19.8 Å². The molecule has 3 nitrogen and oxygen atoms in total. The SMILES string of the molecule is CC1CCN(c2ccc(NC(=O)CCl)cc2Cl)CC1. The molecule has 1 saturated heterocycles. The van der Waals surface area contributed by atoms with Crippen molar-refractivity contribution in [3.8, 4) is 0 Å². The van der Waals surface area contributed by atoms with Crippen LogP contribution in [0.5, 0.6) is 0 Å². The Kier molecular flexibility index (Phi) is 4.94. The van der Waals surface area contributed by atoms with Gasteiger partial charge in [-0.2, -0.15) is 0 Å². The van der Waals surface area contributed by atoms with E-state index in [1.165, 1.54) is 12.8 Å². The average molecular weight is 301 g/mol. The topological polar surface area (TPSA) is 32.3 Å². The van der Waals surface area contributed by atoms with E-state index in [-0.39, 0.29) is 11.8 Å². The number of piperidine rings is 1. The number of rotatable bonds is 3. The summed E-state index contributed by atoms with van der Waals surface area (Å²) in [5.41, 5.74) is 1.72. The molecule has 5 heteroatoms. The molecule has 1 amide bonds. The highest BCUT2D eigenvalue weighted by atomic mass is 35.5. The predicted molar refractivity (Wildman–Crippen MR) is 81.4 cm³/mol. The van der Waals surface area contributed by atoms with Crippen LogP contribution in [0, 0.1) is 5.92 Å². The van der Waals surface area contributed by atoms with Gasteiger partial charge in [-0.15, -0.1) is 11.6 Å². The minimum Gasteiger partial charge on any atom is -0.370 e. The molecule has 2 rings (SSSR count). The molecule has 0 aliphatic carbocycles. The normalized spacial score (nSPS) is 16.5. The van der Waals surface area contributed by atoms with E-state index in [9.17, 15) is 4.79 Å². The molecule has 1 aromatic carbocycles. The summed E-state index contributed by atoms with van der Waals surface area (Å²) in [5, 5.41) is 3.36. The Morgan fingerprint density at radius 1 is 1.42 bits per heavy atom. The number of hydrogen-bond donors (Lipinski definition) is 1. The summed E-state index contributed by atoms with van der Waals surface area (Å²) in [6, 6.07) is 5.60. The van der Waals surface area contributed by atoms with Crippen LogP contribution in [-0.4, -0.2) is 24.9 Å². The van der Waals surface area contributed by atoms with E-state index in [1.807, 2.05) is 12.1 Å². The number of hydrogen-bond acceptors (Lipinski definition) is 2. The lowest BCUT2D eigenvalue weighted by atomic mass is 9.99. The number of nitrogens with one attached hydrogen (secondary N) is 1. The average Bonchev–Trinajstić information content (AvgIpc) is 2.40. The molecule has 0 radical (unpaired) electrons. The zero-order valence-electron chi connectivity index (χ0n) is 11.0. The highest BCUT2D eigenvalue weighted by Gasteiger charge is 2.18. The minimum atomic E-state index is -0.225. The third-order valence-electron chi connectivity index (χ3n) is 3.48. The van der Waals surface area contributed by atoms with Crippen molar-refractivity contribution in [2.75, 3.05) is 29.2 Å². The van der Waals surface area contributed by atoms with Gasteiger partial charge in [0, 0.05) is 18.8 Å². The van der Waals surface area contributed by atoms with Gasteiger partial charge in [0.15, 0.2) is 0 Å². The minimum absolute atomic E-state index is 0.0522. The molecule has 1 heterocycles. The second-order valence-corrected chi connectivity index (χ2v) is 5.69. The number of benzene rings is 1. The van der Waals surface area contributed by atoms with Gasteiger partial charge in [0.1, 0.15) is 5.88 Å². The van der Waals surface area contributed by atoms with Gasteiger partial charge in [0.2, 0.25) is 5.91 Å². The third kappa shape index (κ3) is 3.77. The van der Waals surface area contributed by atoms with E-state index in [4.69, 9.17) is 23.2 Å². The van der Waals surface area contributed by atoms with Crippen molar-refractivity contribution in [3.05, 3.63) is 23.2 Å². The molecule has 19 heavy (non-hydrogen) atoms. The van der Waals surface area contributed by atoms with Gasteiger partial charge in [-0.1, -0.05) is 18.5 Å². The Balaban J connectivity index is 2.08. The van der Waals surface area contributed by atoms with Crippen molar-refractivity contribution in [1.82, 2.24) is 0 Å². The predicted octanol–water partition coefficient (Wildman–Crippen LogP) is 3.75. The molecule has 1 aliphatic heterocycles. The summed E-state index contributed by atoms with van der Waals surface area (Å²) >= 11 is 11.8. The zero-order valence-corrected chi connectivity index (χ0v) is 12.5. The van der Waals surface area contributed by atoms with Crippen LogP contribution >= 0.6 is 23.2 Å². The van der Waals surface area contributed by atoms with E-state index >= 15 is 0 Å². The Labute approximate surface area is 123 Å². The number of carbonyl (C=O) groups excluding carboxylic acids is 1. The van der Waals surface area contributed by atoms with Gasteiger partial charge in [0.05, 0.1) is 10.7 Å². The van der Waals surface area contributed by atoms with Crippen LogP contribution in [0.3, 0.4) is 0 Å². The summed E-state index contributed by atoms with van der Waals surface area (Å²) in [6.45, 7) is 4.35. The van der Waals surface area contributed by atoms with Crippen molar-refractivity contribution in [2.24, 2.45) is 5.92 Å². The van der Waals surface area contributed by atoms with Crippen LogP contribution in [0.4, 0.5) is 11.4 Å². The lowest BCUT2D eigenvalue weighted by molar-refractivity contribution is -0.113. The van der Waals surface area contributed by atoms with E-state index in [0.29, 0.717) is 10.7 Å². The summed E-state index contributed by atoms with van der Waals surface area (Å²) in [5.74, 6) is 0.512. The molecule has 0 atom stereocenters. The first-order chi connectivity index (χ1) is 9.10. The van der Waals surface area contributed by atoms with Crippen molar-refractivity contribution >= 4 is 40.5 Å². The first-order valence-corrected chi connectivity index (χ1v) is 7.41. The standard InChI is InChI=1S/C14H18Cl2N2O/c1-10-4-6-18(7-5-10)13-3-2-11(8-12(13)16)17-14(19)9-15/h2-3,8,10H,4-7,9H2,1H3,(H,17,19). The van der Waals surface area contributed by atoms with Crippen LogP contribution in [-0.2, 0) is 4.79 Å². The van der Waals surface area contributed by atoms with Crippen LogP contribution in [0.25, 0.3) is 0 Å². The fourth-order valence-corrected chi connectivity index (χ4v) is 2.65. The maximum Gasteiger partial charge on any atom is 0.239 e. The molecule has 0 aromatic heterocycles. The summed E-state index contributed by atoms with van der Waals surface area (Å²) < 4.78 is 0. The number of nitrogens with zero attached hydrogens (tertiary/aromatic N) is 1. The van der Waals surface area contributed by atoms with Crippen LogP contribution in [0.15, 0.2) is 18.2 Å². The fraction of sp³-hybridized carbons (Fsp3) is 0.500. The molecule has 0 unspecified atom stereocenters. The number of anilines is 2. The molecule has 0 saturated carbocycles. The Hall–Kier alpha value is -0.930. The highest BCUT2D eigenvalue weighted by Crippen LogP contribution is 2.31. The second-order valence-electron chi connectivity index (χ2n) is 5.02. The van der Waals surface area contributed by atoms with Gasteiger partial charge >= 0.3 is 0 Å². The van der Waals surface area contributed by atoms with Gasteiger partial charge < -0.3 is 10.2 Å². The van der Waals surface area contributed by atoms with Crippen molar-refractivity contribution in [3.63, 3.8) is 0 Å². The monoisotopic (exact) mass is 300 g/mol. The molecular weight excluding hydrogens is 283 g/mol. The molecule has 0 bridgehead atoms. The Morgan fingerprint density at radius 2 is 2.11 bits per heavy atom. The van der Waals surface area contributed by atoms with Crippen LogP contribution in [0.1, 0.15) is 19.8 Å². The lowest BCUT2D eigenvalue weighted by Crippen LogP contribution is -2.32. The zero-order chi connectivity index (χ0) is 13.8. The largest absolute Gasteiger partial charge is 0.370 e. The van der Waals surface area contributed by atoms with Gasteiger partial charge in [-0.05, 0) is 37.0 Å². The van der Waals surface area contributed by atoms with Gasteiger partial charge in [0.25, 0.3) is 0 Å². The van der Waals surface area contributed by atoms with E-state index in [1.54, 1.807) is 6.07 Å². The molecule has 1 aliphatic rings. The molecule has 0 spiro atoms. The summed E-state index contributed by atoms with van der Waals surface area (Å²) in [7, 11) is 0. The van der Waals surface area contributed by atoms with E-state index < -0.39 is 0 Å². The van der Waals surface area contributed by atoms with E-state index in [0.717, 1.165) is 24.7 Å². The quantitative estimate of drug-likeness (QED) is 0.862. The van der Waals surface area contributed by atoms with Gasteiger partial charge in [-0.3, -0.25) is 4.79 Å². The number of halogens is 2.